The first kappa shape index (κ1) is 9.85. The summed E-state index contributed by atoms with van der Waals surface area (Å²) in [5.74, 6) is 0.926. The summed E-state index contributed by atoms with van der Waals surface area (Å²) in [6.45, 7) is 8.79. The Morgan fingerprint density at radius 1 is 1.23 bits per heavy atom. The van der Waals surface area contributed by atoms with Crippen LogP contribution in [0, 0.1) is 0 Å². The molecular formula is C12H16O. The SMILES string of the molecule is C=C(CC)c1ccc(OCC)cc1. The van der Waals surface area contributed by atoms with Gasteiger partial charge in [-0.05, 0) is 36.6 Å². The Balaban J connectivity index is 2.75. The molecule has 0 atom stereocenters. The summed E-state index contributed by atoms with van der Waals surface area (Å²) in [5, 5.41) is 0. The lowest BCUT2D eigenvalue weighted by molar-refractivity contribution is 0.340. The molecule has 1 aromatic rings. The van der Waals surface area contributed by atoms with Crippen LogP contribution in [0.2, 0.25) is 0 Å². The number of allylic oxidation sites excluding steroid dienone is 1. The first-order valence-electron chi connectivity index (χ1n) is 4.69. The molecule has 13 heavy (non-hydrogen) atoms. The van der Waals surface area contributed by atoms with E-state index in [-0.39, 0.29) is 0 Å². The van der Waals surface area contributed by atoms with Crippen molar-refractivity contribution in [2.24, 2.45) is 0 Å². The minimum atomic E-state index is 0.716. The molecule has 0 saturated heterocycles. The van der Waals surface area contributed by atoms with Crippen molar-refractivity contribution in [2.45, 2.75) is 20.3 Å². The van der Waals surface area contributed by atoms with E-state index >= 15 is 0 Å². The third-order valence-electron chi connectivity index (χ3n) is 2.00. The minimum Gasteiger partial charge on any atom is -0.494 e. The van der Waals surface area contributed by atoms with Crippen molar-refractivity contribution in [3.8, 4) is 5.75 Å². The Hall–Kier alpha value is -1.24. The number of benzene rings is 1. The van der Waals surface area contributed by atoms with Crippen LogP contribution >= 0.6 is 0 Å². The smallest absolute Gasteiger partial charge is 0.119 e. The summed E-state index contributed by atoms with van der Waals surface area (Å²) >= 11 is 0. The van der Waals surface area contributed by atoms with Crippen LogP contribution in [0.3, 0.4) is 0 Å². The van der Waals surface area contributed by atoms with Crippen molar-refractivity contribution in [3.63, 3.8) is 0 Å². The van der Waals surface area contributed by atoms with Gasteiger partial charge in [0.15, 0.2) is 0 Å². The lowest BCUT2D eigenvalue weighted by atomic mass is 10.1. The van der Waals surface area contributed by atoms with Crippen LogP contribution in [0.15, 0.2) is 30.8 Å². The summed E-state index contributed by atoms with van der Waals surface area (Å²) in [4.78, 5) is 0. The molecule has 0 saturated carbocycles. The van der Waals surface area contributed by atoms with Crippen molar-refractivity contribution >= 4 is 5.57 Å². The van der Waals surface area contributed by atoms with E-state index in [0.717, 1.165) is 12.2 Å². The zero-order chi connectivity index (χ0) is 9.68. The van der Waals surface area contributed by atoms with Gasteiger partial charge < -0.3 is 4.74 Å². The molecule has 0 aliphatic rings. The fourth-order valence-electron chi connectivity index (χ4n) is 1.16. The third kappa shape index (κ3) is 2.62. The van der Waals surface area contributed by atoms with E-state index in [0.29, 0.717) is 6.61 Å². The Morgan fingerprint density at radius 2 is 1.85 bits per heavy atom. The van der Waals surface area contributed by atoms with E-state index in [1.807, 2.05) is 19.1 Å². The van der Waals surface area contributed by atoms with Gasteiger partial charge in [-0.1, -0.05) is 25.6 Å². The Kier molecular flexibility index (Phi) is 3.56. The van der Waals surface area contributed by atoms with Gasteiger partial charge in [-0.2, -0.15) is 0 Å². The molecule has 0 unspecified atom stereocenters. The fourth-order valence-corrected chi connectivity index (χ4v) is 1.16. The van der Waals surface area contributed by atoms with E-state index in [9.17, 15) is 0 Å². The average Bonchev–Trinajstić information content (AvgIpc) is 2.18. The molecule has 0 radical (unpaired) electrons. The fraction of sp³-hybridized carbons (Fsp3) is 0.333. The first-order valence-corrected chi connectivity index (χ1v) is 4.69. The van der Waals surface area contributed by atoms with E-state index < -0.39 is 0 Å². The van der Waals surface area contributed by atoms with Gasteiger partial charge in [-0.3, -0.25) is 0 Å². The standard InChI is InChI=1S/C12H16O/c1-4-10(3)11-6-8-12(9-7-11)13-5-2/h6-9H,3-5H2,1-2H3. The lowest BCUT2D eigenvalue weighted by Crippen LogP contribution is -1.91. The second-order valence-corrected chi connectivity index (χ2v) is 2.91. The molecule has 0 aliphatic carbocycles. The predicted octanol–water partition coefficient (Wildman–Crippen LogP) is 3.51. The molecular weight excluding hydrogens is 160 g/mol. The quantitative estimate of drug-likeness (QED) is 0.682. The first-order chi connectivity index (χ1) is 6.27. The average molecular weight is 176 g/mol. The zero-order valence-corrected chi connectivity index (χ0v) is 8.34. The van der Waals surface area contributed by atoms with Gasteiger partial charge in [-0.15, -0.1) is 0 Å². The highest BCUT2D eigenvalue weighted by Gasteiger charge is 1.96. The summed E-state index contributed by atoms with van der Waals surface area (Å²) in [6.07, 6.45) is 0.994. The third-order valence-corrected chi connectivity index (χ3v) is 2.00. The van der Waals surface area contributed by atoms with Crippen LogP contribution in [-0.4, -0.2) is 6.61 Å². The van der Waals surface area contributed by atoms with Crippen LogP contribution in [0.4, 0.5) is 0 Å². The topological polar surface area (TPSA) is 9.23 Å². The van der Waals surface area contributed by atoms with E-state index in [4.69, 9.17) is 4.74 Å². The zero-order valence-electron chi connectivity index (χ0n) is 8.34. The van der Waals surface area contributed by atoms with Crippen molar-refractivity contribution in [1.82, 2.24) is 0 Å². The molecule has 0 heterocycles. The molecule has 1 rings (SSSR count). The van der Waals surface area contributed by atoms with Crippen molar-refractivity contribution in [2.75, 3.05) is 6.61 Å². The number of rotatable bonds is 4. The van der Waals surface area contributed by atoms with Gasteiger partial charge in [0.1, 0.15) is 5.75 Å². The number of hydrogen-bond donors (Lipinski definition) is 0. The summed E-state index contributed by atoms with van der Waals surface area (Å²) < 4.78 is 5.34. The molecule has 0 fully saturated rings. The van der Waals surface area contributed by atoms with Gasteiger partial charge in [-0.25, -0.2) is 0 Å². The Labute approximate surface area is 80.0 Å². The molecule has 0 N–H and O–H groups in total. The molecule has 0 spiro atoms. The van der Waals surface area contributed by atoms with E-state index in [1.54, 1.807) is 0 Å². The second kappa shape index (κ2) is 4.70. The molecule has 1 nitrogen and oxygen atoms in total. The molecule has 70 valence electrons. The number of ether oxygens (including phenoxy) is 1. The Bertz CT molecular complexity index is 272. The highest BCUT2D eigenvalue weighted by atomic mass is 16.5. The summed E-state index contributed by atoms with van der Waals surface area (Å²) in [5.41, 5.74) is 2.37. The highest BCUT2D eigenvalue weighted by Crippen LogP contribution is 2.19. The molecule has 0 aliphatic heterocycles. The summed E-state index contributed by atoms with van der Waals surface area (Å²) in [7, 11) is 0. The normalized spacial score (nSPS) is 9.69. The van der Waals surface area contributed by atoms with Crippen LogP contribution in [-0.2, 0) is 0 Å². The molecule has 0 aromatic heterocycles. The Morgan fingerprint density at radius 3 is 2.31 bits per heavy atom. The monoisotopic (exact) mass is 176 g/mol. The second-order valence-electron chi connectivity index (χ2n) is 2.91. The van der Waals surface area contributed by atoms with Gasteiger partial charge in [0, 0.05) is 0 Å². The minimum absolute atomic E-state index is 0.716. The van der Waals surface area contributed by atoms with Crippen molar-refractivity contribution in [1.29, 1.82) is 0 Å². The van der Waals surface area contributed by atoms with Gasteiger partial charge in [0.25, 0.3) is 0 Å². The van der Waals surface area contributed by atoms with Crippen LogP contribution < -0.4 is 4.74 Å². The van der Waals surface area contributed by atoms with Crippen LogP contribution in [0.5, 0.6) is 5.75 Å². The number of hydrogen-bond acceptors (Lipinski definition) is 1. The maximum absolute atomic E-state index is 5.34. The maximum Gasteiger partial charge on any atom is 0.119 e. The van der Waals surface area contributed by atoms with Crippen LogP contribution in [0.1, 0.15) is 25.8 Å². The van der Waals surface area contributed by atoms with Gasteiger partial charge in [0.2, 0.25) is 0 Å². The summed E-state index contributed by atoms with van der Waals surface area (Å²) in [6, 6.07) is 8.08. The van der Waals surface area contributed by atoms with E-state index in [1.165, 1.54) is 11.1 Å². The van der Waals surface area contributed by atoms with E-state index in [2.05, 4.69) is 25.6 Å². The molecule has 1 aromatic carbocycles. The maximum atomic E-state index is 5.34. The lowest BCUT2D eigenvalue weighted by Gasteiger charge is -2.05. The largest absolute Gasteiger partial charge is 0.494 e. The highest BCUT2D eigenvalue weighted by molar-refractivity contribution is 5.63. The van der Waals surface area contributed by atoms with Gasteiger partial charge in [0.05, 0.1) is 6.61 Å². The van der Waals surface area contributed by atoms with Crippen molar-refractivity contribution in [3.05, 3.63) is 36.4 Å². The molecule has 1 heteroatoms. The van der Waals surface area contributed by atoms with Crippen LogP contribution in [0.25, 0.3) is 5.57 Å². The van der Waals surface area contributed by atoms with Gasteiger partial charge >= 0.3 is 0 Å². The predicted molar refractivity (Wildman–Crippen MR) is 56.9 cm³/mol. The van der Waals surface area contributed by atoms with Crippen molar-refractivity contribution < 1.29 is 4.74 Å². The molecule has 0 bridgehead atoms. The molecule has 0 amide bonds.